The molecule has 0 unspecified atom stereocenters. The zero-order valence-corrected chi connectivity index (χ0v) is 12.9. The summed E-state index contributed by atoms with van der Waals surface area (Å²) in [7, 11) is 1.24. The number of rotatable bonds is 2. The summed E-state index contributed by atoms with van der Waals surface area (Å²) in [4.78, 5) is 15.8. The van der Waals surface area contributed by atoms with Gasteiger partial charge in [-0.3, -0.25) is 4.98 Å². The molecule has 0 atom stereocenters. The van der Waals surface area contributed by atoms with E-state index in [9.17, 15) is 22.4 Å². The van der Waals surface area contributed by atoms with Crippen LogP contribution in [0.3, 0.4) is 0 Å². The molecule has 7 heteroatoms. The molecule has 25 heavy (non-hydrogen) atoms. The van der Waals surface area contributed by atoms with E-state index in [1.165, 1.54) is 31.5 Å². The Kier molecular flexibility index (Phi) is 4.16. The standard InChI is InChI=1S/C18H11F4NO2/c1-25-17(24)11-3-5-16-13(8-11)12(6-7-23-16)10-2-4-14(15(19)9-10)18(20,21)22/h2-9H,1H3. The van der Waals surface area contributed by atoms with Crippen molar-refractivity contribution in [2.75, 3.05) is 7.11 Å². The molecule has 1 heterocycles. The molecule has 3 rings (SSSR count). The molecule has 0 saturated heterocycles. The summed E-state index contributed by atoms with van der Waals surface area (Å²) >= 11 is 0. The van der Waals surface area contributed by atoms with Gasteiger partial charge in [-0.25, -0.2) is 9.18 Å². The number of carbonyl (C=O) groups excluding carboxylic acids is 1. The number of aromatic nitrogens is 1. The topological polar surface area (TPSA) is 39.2 Å². The first-order chi connectivity index (χ1) is 11.8. The van der Waals surface area contributed by atoms with Crippen molar-refractivity contribution < 1.29 is 27.1 Å². The van der Waals surface area contributed by atoms with Gasteiger partial charge in [0.1, 0.15) is 5.82 Å². The van der Waals surface area contributed by atoms with Gasteiger partial charge in [-0.05, 0) is 47.5 Å². The second-order valence-corrected chi connectivity index (χ2v) is 5.27. The molecule has 0 spiro atoms. The van der Waals surface area contributed by atoms with Gasteiger partial charge < -0.3 is 4.74 Å². The minimum Gasteiger partial charge on any atom is -0.465 e. The molecule has 0 aliphatic rings. The molecule has 0 amide bonds. The SMILES string of the molecule is COC(=O)c1ccc2nccc(-c3ccc(C(F)(F)F)c(F)c3)c2c1. The summed E-state index contributed by atoms with van der Waals surface area (Å²) < 4.78 is 56.7. The van der Waals surface area contributed by atoms with Gasteiger partial charge in [0, 0.05) is 11.6 Å². The summed E-state index contributed by atoms with van der Waals surface area (Å²) in [5.41, 5.74) is 0.162. The number of esters is 1. The van der Waals surface area contributed by atoms with E-state index in [4.69, 9.17) is 0 Å². The second-order valence-electron chi connectivity index (χ2n) is 5.27. The third-order valence-corrected chi connectivity index (χ3v) is 3.75. The summed E-state index contributed by atoms with van der Waals surface area (Å²) in [6.07, 6.45) is -3.30. The number of pyridine rings is 1. The monoisotopic (exact) mass is 349 g/mol. The van der Waals surface area contributed by atoms with E-state index in [0.717, 1.165) is 6.07 Å². The minimum absolute atomic E-state index is 0.250. The summed E-state index contributed by atoms with van der Waals surface area (Å²) in [5.74, 6) is -1.92. The van der Waals surface area contributed by atoms with E-state index in [1.807, 2.05) is 0 Å². The highest BCUT2D eigenvalue weighted by atomic mass is 19.4. The van der Waals surface area contributed by atoms with Crippen molar-refractivity contribution in [2.24, 2.45) is 0 Å². The Labute approximate surface area is 139 Å². The molecule has 0 bridgehead atoms. The summed E-state index contributed by atoms with van der Waals surface area (Å²) in [5, 5.41) is 0.504. The Morgan fingerprint density at radius 1 is 1.08 bits per heavy atom. The maximum absolute atomic E-state index is 13.9. The van der Waals surface area contributed by atoms with Crippen LogP contribution in [0, 0.1) is 5.82 Å². The lowest BCUT2D eigenvalue weighted by Gasteiger charge is -2.11. The Morgan fingerprint density at radius 2 is 1.84 bits per heavy atom. The van der Waals surface area contributed by atoms with Gasteiger partial charge >= 0.3 is 12.1 Å². The average molecular weight is 349 g/mol. The molecular weight excluding hydrogens is 338 g/mol. The maximum atomic E-state index is 13.9. The highest BCUT2D eigenvalue weighted by Crippen LogP contribution is 2.35. The Hall–Kier alpha value is -2.96. The first-order valence-corrected chi connectivity index (χ1v) is 7.15. The van der Waals surface area contributed by atoms with Gasteiger partial charge in [-0.15, -0.1) is 0 Å². The molecule has 0 fully saturated rings. The number of fused-ring (bicyclic) bond motifs is 1. The minimum atomic E-state index is -4.76. The number of alkyl halides is 3. The molecule has 0 radical (unpaired) electrons. The van der Waals surface area contributed by atoms with Crippen LogP contribution in [-0.4, -0.2) is 18.1 Å². The Bertz CT molecular complexity index is 967. The van der Waals surface area contributed by atoms with Crippen LogP contribution in [0.5, 0.6) is 0 Å². The predicted molar refractivity (Wildman–Crippen MR) is 83.5 cm³/mol. The van der Waals surface area contributed by atoms with Crippen LogP contribution >= 0.6 is 0 Å². The van der Waals surface area contributed by atoms with Crippen LogP contribution in [0.25, 0.3) is 22.0 Å². The van der Waals surface area contributed by atoms with E-state index in [2.05, 4.69) is 9.72 Å². The van der Waals surface area contributed by atoms with Crippen molar-refractivity contribution in [2.45, 2.75) is 6.18 Å². The van der Waals surface area contributed by atoms with Crippen molar-refractivity contribution in [1.29, 1.82) is 0 Å². The van der Waals surface area contributed by atoms with Crippen molar-refractivity contribution in [1.82, 2.24) is 4.98 Å². The lowest BCUT2D eigenvalue weighted by atomic mass is 9.98. The number of halogens is 4. The van der Waals surface area contributed by atoms with E-state index >= 15 is 0 Å². The molecule has 128 valence electrons. The van der Waals surface area contributed by atoms with Crippen LogP contribution in [0.1, 0.15) is 15.9 Å². The quantitative estimate of drug-likeness (QED) is 0.491. The third-order valence-electron chi connectivity index (χ3n) is 3.75. The fraction of sp³-hybridized carbons (Fsp3) is 0.111. The number of hydrogen-bond donors (Lipinski definition) is 0. The lowest BCUT2D eigenvalue weighted by molar-refractivity contribution is -0.139. The van der Waals surface area contributed by atoms with Crippen molar-refractivity contribution >= 4 is 16.9 Å². The highest BCUT2D eigenvalue weighted by molar-refractivity contribution is 6.00. The maximum Gasteiger partial charge on any atom is 0.419 e. The first kappa shape index (κ1) is 16.9. The van der Waals surface area contributed by atoms with Crippen LogP contribution in [0.4, 0.5) is 17.6 Å². The number of ether oxygens (including phenoxy) is 1. The molecule has 0 aliphatic carbocycles. The van der Waals surface area contributed by atoms with Crippen LogP contribution < -0.4 is 0 Å². The molecule has 3 nitrogen and oxygen atoms in total. The number of benzene rings is 2. The Morgan fingerprint density at radius 3 is 2.48 bits per heavy atom. The summed E-state index contributed by atoms with van der Waals surface area (Å²) in [6.45, 7) is 0. The van der Waals surface area contributed by atoms with Gasteiger partial charge in [0.05, 0.1) is 23.8 Å². The highest BCUT2D eigenvalue weighted by Gasteiger charge is 2.34. The Balaban J connectivity index is 2.18. The van der Waals surface area contributed by atoms with Gasteiger partial charge in [-0.1, -0.05) is 6.07 Å². The number of hydrogen-bond acceptors (Lipinski definition) is 3. The van der Waals surface area contributed by atoms with E-state index in [-0.39, 0.29) is 11.1 Å². The fourth-order valence-electron chi connectivity index (χ4n) is 2.56. The lowest BCUT2D eigenvalue weighted by Crippen LogP contribution is -2.07. The number of methoxy groups -OCH3 is 1. The smallest absolute Gasteiger partial charge is 0.419 e. The molecule has 0 N–H and O–H groups in total. The zero-order chi connectivity index (χ0) is 18.2. The molecule has 0 saturated carbocycles. The molecule has 2 aromatic carbocycles. The van der Waals surface area contributed by atoms with E-state index in [0.29, 0.717) is 22.5 Å². The predicted octanol–water partition coefficient (Wildman–Crippen LogP) is 4.85. The van der Waals surface area contributed by atoms with Gasteiger partial charge in [0.2, 0.25) is 0 Å². The van der Waals surface area contributed by atoms with Gasteiger partial charge in [0.25, 0.3) is 0 Å². The van der Waals surface area contributed by atoms with Crippen molar-refractivity contribution in [3.63, 3.8) is 0 Å². The number of carbonyl (C=O) groups is 1. The molecular formula is C18H11F4NO2. The number of nitrogens with zero attached hydrogens (tertiary/aromatic N) is 1. The largest absolute Gasteiger partial charge is 0.465 e. The fourth-order valence-corrected chi connectivity index (χ4v) is 2.56. The van der Waals surface area contributed by atoms with Crippen LogP contribution in [0.2, 0.25) is 0 Å². The second kappa shape index (κ2) is 6.16. The van der Waals surface area contributed by atoms with Crippen LogP contribution in [0.15, 0.2) is 48.7 Å². The molecule has 1 aromatic heterocycles. The zero-order valence-electron chi connectivity index (χ0n) is 12.9. The van der Waals surface area contributed by atoms with Crippen LogP contribution in [-0.2, 0) is 10.9 Å². The normalized spacial score (nSPS) is 11.6. The average Bonchev–Trinajstić information content (AvgIpc) is 2.58. The van der Waals surface area contributed by atoms with E-state index in [1.54, 1.807) is 12.1 Å². The molecule has 0 aliphatic heterocycles. The van der Waals surface area contributed by atoms with Crippen molar-refractivity contribution in [3.05, 3.63) is 65.6 Å². The first-order valence-electron chi connectivity index (χ1n) is 7.15. The summed E-state index contributed by atoms with van der Waals surface area (Å²) in [6, 6.07) is 8.88. The van der Waals surface area contributed by atoms with Gasteiger partial charge in [0.15, 0.2) is 0 Å². The van der Waals surface area contributed by atoms with E-state index < -0.39 is 23.5 Å². The van der Waals surface area contributed by atoms with Crippen molar-refractivity contribution in [3.8, 4) is 11.1 Å². The van der Waals surface area contributed by atoms with Gasteiger partial charge in [-0.2, -0.15) is 13.2 Å². The third kappa shape index (κ3) is 3.17. The molecule has 3 aromatic rings.